The Balaban J connectivity index is 1.93. The van der Waals surface area contributed by atoms with Crippen LogP contribution in [0.1, 0.15) is 25.7 Å². The second-order valence-electron chi connectivity index (χ2n) is 4.99. The Morgan fingerprint density at radius 3 is 2.94 bits per heavy atom. The van der Waals surface area contributed by atoms with E-state index in [-0.39, 0.29) is 10.9 Å². The molecule has 1 aliphatic carbocycles. The van der Waals surface area contributed by atoms with Crippen molar-refractivity contribution in [1.29, 1.82) is 0 Å². The van der Waals surface area contributed by atoms with Crippen LogP contribution in [0.2, 0.25) is 0 Å². The van der Waals surface area contributed by atoms with Crippen LogP contribution in [-0.2, 0) is 17.1 Å². The zero-order valence-electron chi connectivity index (χ0n) is 10.5. The topological polar surface area (TPSA) is 90.0 Å². The van der Waals surface area contributed by atoms with Crippen molar-refractivity contribution in [2.75, 3.05) is 6.54 Å². The molecule has 0 saturated heterocycles. The predicted octanol–water partition coefficient (Wildman–Crippen LogP) is 0.216. The summed E-state index contributed by atoms with van der Waals surface area (Å²) in [4.78, 5) is 0.213. The molecular weight excluding hydrogens is 252 g/mol. The summed E-state index contributed by atoms with van der Waals surface area (Å²) in [5.74, 6) is 0.347. The largest absolute Gasteiger partial charge is 0.328 e. The van der Waals surface area contributed by atoms with E-state index in [1.807, 2.05) is 0 Å². The average Bonchev–Trinajstić information content (AvgIpc) is 2.74. The number of aryl methyl sites for hydroxylation is 1. The highest BCUT2D eigenvalue weighted by Gasteiger charge is 2.22. The van der Waals surface area contributed by atoms with Crippen molar-refractivity contribution in [2.24, 2.45) is 18.7 Å². The lowest BCUT2D eigenvalue weighted by atomic mass is 9.86. The van der Waals surface area contributed by atoms with Crippen molar-refractivity contribution >= 4 is 10.0 Å². The molecule has 6 nitrogen and oxygen atoms in total. The molecule has 0 amide bonds. The standard InChI is InChI=1S/C11H20N4O2S/c1-15-8-11(7-13-15)18(16,17)14-6-9-3-2-4-10(12)5-9/h7-10,14H,2-6,12H2,1H3. The molecule has 1 aromatic rings. The number of hydrogen-bond donors (Lipinski definition) is 2. The van der Waals surface area contributed by atoms with Gasteiger partial charge in [0.05, 0.1) is 6.20 Å². The van der Waals surface area contributed by atoms with Gasteiger partial charge in [-0.1, -0.05) is 6.42 Å². The summed E-state index contributed by atoms with van der Waals surface area (Å²) in [5, 5.41) is 3.87. The van der Waals surface area contributed by atoms with Gasteiger partial charge < -0.3 is 5.73 Å². The van der Waals surface area contributed by atoms with Crippen molar-refractivity contribution in [2.45, 2.75) is 36.6 Å². The summed E-state index contributed by atoms with van der Waals surface area (Å²) in [7, 11) is -1.74. The maximum Gasteiger partial charge on any atom is 0.243 e. The molecule has 7 heteroatoms. The first-order valence-electron chi connectivity index (χ1n) is 6.21. The van der Waals surface area contributed by atoms with Gasteiger partial charge >= 0.3 is 0 Å². The molecule has 1 heterocycles. The summed E-state index contributed by atoms with van der Waals surface area (Å²) in [6.07, 6.45) is 6.93. The minimum Gasteiger partial charge on any atom is -0.328 e. The second kappa shape index (κ2) is 5.38. The van der Waals surface area contributed by atoms with E-state index < -0.39 is 10.0 Å². The summed E-state index contributed by atoms with van der Waals surface area (Å²) < 4.78 is 28.1. The molecule has 1 fully saturated rings. The number of hydrogen-bond acceptors (Lipinski definition) is 4. The minimum absolute atomic E-state index is 0.213. The van der Waals surface area contributed by atoms with E-state index in [1.54, 1.807) is 7.05 Å². The van der Waals surface area contributed by atoms with Gasteiger partial charge in [0.25, 0.3) is 0 Å². The van der Waals surface area contributed by atoms with Crippen molar-refractivity contribution in [3.8, 4) is 0 Å². The number of rotatable bonds is 4. The first kappa shape index (κ1) is 13.5. The Hall–Kier alpha value is -0.920. The molecule has 0 aliphatic heterocycles. The first-order chi connectivity index (χ1) is 8.47. The highest BCUT2D eigenvalue weighted by Crippen LogP contribution is 2.22. The Kier molecular flexibility index (Phi) is 4.04. The van der Waals surface area contributed by atoms with Crippen LogP contribution in [0, 0.1) is 5.92 Å². The normalized spacial score (nSPS) is 25.2. The van der Waals surface area contributed by atoms with Crippen LogP contribution >= 0.6 is 0 Å². The maximum absolute atomic E-state index is 12.0. The molecule has 0 radical (unpaired) electrons. The summed E-state index contributed by atoms with van der Waals surface area (Å²) >= 11 is 0. The third-order valence-corrected chi connectivity index (χ3v) is 4.76. The molecular formula is C11H20N4O2S. The van der Waals surface area contributed by atoms with Crippen molar-refractivity contribution < 1.29 is 8.42 Å². The SMILES string of the molecule is Cn1cc(S(=O)(=O)NCC2CCCC(N)C2)cn1. The fourth-order valence-corrected chi connectivity index (χ4v) is 3.47. The monoisotopic (exact) mass is 272 g/mol. The molecule has 1 aliphatic rings. The quantitative estimate of drug-likeness (QED) is 0.820. The maximum atomic E-state index is 12.0. The van der Waals surface area contributed by atoms with E-state index in [2.05, 4.69) is 9.82 Å². The molecule has 0 spiro atoms. The van der Waals surface area contributed by atoms with Crippen LogP contribution in [0.25, 0.3) is 0 Å². The zero-order valence-corrected chi connectivity index (χ0v) is 11.4. The lowest BCUT2D eigenvalue weighted by Gasteiger charge is -2.26. The third kappa shape index (κ3) is 3.30. The molecule has 2 rings (SSSR count). The molecule has 1 aromatic heterocycles. The molecule has 3 N–H and O–H groups in total. The van der Waals surface area contributed by atoms with Crippen LogP contribution in [0.4, 0.5) is 0 Å². The van der Waals surface area contributed by atoms with Crippen LogP contribution in [0.5, 0.6) is 0 Å². The fraction of sp³-hybridized carbons (Fsp3) is 0.727. The van der Waals surface area contributed by atoms with Crippen molar-refractivity contribution in [3.63, 3.8) is 0 Å². The number of nitrogens with one attached hydrogen (secondary N) is 1. The Morgan fingerprint density at radius 2 is 2.33 bits per heavy atom. The molecule has 102 valence electrons. The van der Waals surface area contributed by atoms with Crippen LogP contribution in [-0.4, -0.2) is 30.8 Å². The summed E-state index contributed by atoms with van der Waals surface area (Å²) in [6, 6.07) is 0.214. The van der Waals surface area contributed by atoms with Gasteiger partial charge in [-0.2, -0.15) is 5.10 Å². The highest BCUT2D eigenvalue weighted by atomic mass is 32.2. The van der Waals surface area contributed by atoms with Gasteiger partial charge in [0.15, 0.2) is 0 Å². The van der Waals surface area contributed by atoms with E-state index in [0.717, 1.165) is 25.7 Å². The third-order valence-electron chi connectivity index (χ3n) is 3.38. The van der Waals surface area contributed by atoms with E-state index in [4.69, 9.17) is 5.73 Å². The van der Waals surface area contributed by atoms with Gasteiger partial charge in [-0.05, 0) is 25.2 Å². The number of nitrogens with two attached hydrogens (primary N) is 1. The van der Waals surface area contributed by atoms with Crippen LogP contribution in [0.15, 0.2) is 17.3 Å². The van der Waals surface area contributed by atoms with E-state index in [1.165, 1.54) is 17.1 Å². The molecule has 18 heavy (non-hydrogen) atoms. The molecule has 2 atom stereocenters. The molecule has 0 bridgehead atoms. The second-order valence-corrected chi connectivity index (χ2v) is 6.76. The lowest BCUT2D eigenvalue weighted by molar-refractivity contribution is 0.322. The Bertz CT molecular complexity index is 497. The van der Waals surface area contributed by atoms with E-state index in [0.29, 0.717) is 12.5 Å². The predicted molar refractivity (Wildman–Crippen MR) is 68.3 cm³/mol. The van der Waals surface area contributed by atoms with Gasteiger partial charge in [0.1, 0.15) is 4.90 Å². The molecule has 2 unspecified atom stereocenters. The van der Waals surface area contributed by atoms with Crippen molar-refractivity contribution in [1.82, 2.24) is 14.5 Å². The fourth-order valence-electron chi connectivity index (χ4n) is 2.37. The number of nitrogens with zero attached hydrogens (tertiary/aromatic N) is 2. The van der Waals surface area contributed by atoms with Crippen LogP contribution < -0.4 is 10.5 Å². The van der Waals surface area contributed by atoms with E-state index >= 15 is 0 Å². The van der Waals surface area contributed by atoms with Crippen molar-refractivity contribution in [3.05, 3.63) is 12.4 Å². The minimum atomic E-state index is -3.43. The van der Waals surface area contributed by atoms with Gasteiger partial charge in [-0.3, -0.25) is 4.68 Å². The van der Waals surface area contributed by atoms with Gasteiger partial charge in [-0.15, -0.1) is 0 Å². The first-order valence-corrected chi connectivity index (χ1v) is 7.69. The van der Waals surface area contributed by atoms with Gasteiger partial charge in [-0.25, -0.2) is 13.1 Å². The number of sulfonamides is 1. The lowest BCUT2D eigenvalue weighted by Crippen LogP contribution is -2.35. The summed E-state index contributed by atoms with van der Waals surface area (Å²) in [6.45, 7) is 0.463. The summed E-state index contributed by atoms with van der Waals surface area (Å²) in [5.41, 5.74) is 5.89. The van der Waals surface area contributed by atoms with Crippen LogP contribution in [0.3, 0.4) is 0 Å². The highest BCUT2D eigenvalue weighted by molar-refractivity contribution is 7.89. The Morgan fingerprint density at radius 1 is 1.56 bits per heavy atom. The number of aromatic nitrogens is 2. The molecule has 0 aromatic carbocycles. The zero-order chi connectivity index (χ0) is 13.2. The Labute approximate surface area is 108 Å². The average molecular weight is 272 g/mol. The van der Waals surface area contributed by atoms with Gasteiger partial charge in [0, 0.05) is 25.8 Å². The molecule has 1 saturated carbocycles. The smallest absolute Gasteiger partial charge is 0.243 e. The van der Waals surface area contributed by atoms with Gasteiger partial charge in [0.2, 0.25) is 10.0 Å². The van der Waals surface area contributed by atoms with E-state index in [9.17, 15) is 8.42 Å².